The number of anilines is 2. The molecule has 0 amide bonds. The molecule has 0 atom stereocenters. The number of hydrogen-bond acceptors (Lipinski definition) is 2. The van der Waals surface area contributed by atoms with Crippen LogP contribution in [0.1, 0.15) is 5.56 Å². The van der Waals surface area contributed by atoms with Crippen LogP contribution in [-0.4, -0.2) is 0 Å². The van der Waals surface area contributed by atoms with Crippen molar-refractivity contribution in [3.63, 3.8) is 0 Å². The molecule has 0 aliphatic carbocycles. The molecule has 0 fully saturated rings. The highest BCUT2D eigenvalue weighted by Gasteiger charge is 2.02. The number of benzene rings is 2. The fourth-order valence-corrected chi connectivity index (χ4v) is 2.19. The van der Waals surface area contributed by atoms with Gasteiger partial charge in [0.25, 0.3) is 0 Å². The number of hydrogen-bond donors (Lipinski definition) is 2. The van der Waals surface area contributed by atoms with Gasteiger partial charge in [0.2, 0.25) is 0 Å². The molecular weight excluding hydrogens is 300 g/mol. The van der Waals surface area contributed by atoms with E-state index in [2.05, 4.69) is 27.3 Å². The summed E-state index contributed by atoms with van der Waals surface area (Å²) in [7, 11) is 0. The molecule has 0 aromatic heterocycles. The number of nitrogen functional groups attached to an aromatic ring is 1. The van der Waals surface area contributed by atoms with Crippen molar-refractivity contribution in [2.45, 2.75) is 6.54 Å². The minimum atomic E-state index is 0.636. The van der Waals surface area contributed by atoms with Crippen LogP contribution in [-0.2, 0) is 6.54 Å². The standard InChI is InChI=1S/C13H12BrClN2/c14-11-4-2-1-3-9(11)8-17-13-6-5-10(16)7-12(13)15/h1-7,17H,8,16H2. The van der Waals surface area contributed by atoms with Crippen molar-refractivity contribution in [3.05, 3.63) is 57.5 Å². The van der Waals surface area contributed by atoms with Crippen LogP contribution in [0.2, 0.25) is 5.02 Å². The first-order chi connectivity index (χ1) is 8.16. The molecule has 0 aliphatic heterocycles. The van der Waals surface area contributed by atoms with Crippen LogP contribution in [0.3, 0.4) is 0 Å². The Bertz CT molecular complexity index is 529. The number of halogens is 2. The minimum Gasteiger partial charge on any atom is -0.399 e. The average Bonchev–Trinajstić information content (AvgIpc) is 2.30. The summed E-state index contributed by atoms with van der Waals surface area (Å²) in [5, 5.41) is 3.92. The molecule has 0 unspecified atom stereocenters. The summed E-state index contributed by atoms with van der Waals surface area (Å²) in [6.45, 7) is 0.713. The van der Waals surface area contributed by atoms with Gasteiger partial charge in [-0.05, 0) is 29.8 Å². The fraction of sp³-hybridized carbons (Fsp3) is 0.0769. The quantitative estimate of drug-likeness (QED) is 0.830. The maximum Gasteiger partial charge on any atom is 0.0658 e. The Balaban J connectivity index is 2.10. The molecule has 3 N–H and O–H groups in total. The molecule has 0 radical (unpaired) electrons. The predicted molar refractivity (Wildman–Crippen MR) is 77.3 cm³/mol. The van der Waals surface area contributed by atoms with Crippen LogP contribution in [0, 0.1) is 0 Å². The second-order valence-electron chi connectivity index (χ2n) is 3.68. The molecule has 17 heavy (non-hydrogen) atoms. The lowest BCUT2D eigenvalue weighted by molar-refractivity contribution is 1.14. The molecule has 4 heteroatoms. The van der Waals surface area contributed by atoms with Crippen molar-refractivity contribution in [2.24, 2.45) is 0 Å². The van der Waals surface area contributed by atoms with E-state index >= 15 is 0 Å². The van der Waals surface area contributed by atoms with Crippen molar-refractivity contribution in [2.75, 3.05) is 11.1 Å². The average molecular weight is 312 g/mol. The highest BCUT2D eigenvalue weighted by Crippen LogP contribution is 2.25. The van der Waals surface area contributed by atoms with Gasteiger partial charge in [-0.3, -0.25) is 0 Å². The third-order valence-corrected chi connectivity index (χ3v) is 3.51. The molecule has 2 aromatic rings. The number of nitrogens with one attached hydrogen (secondary N) is 1. The van der Waals surface area contributed by atoms with Gasteiger partial charge in [-0.25, -0.2) is 0 Å². The maximum atomic E-state index is 6.08. The third kappa shape index (κ3) is 3.14. The zero-order valence-electron chi connectivity index (χ0n) is 9.08. The van der Waals surface area contributed by atoms with Crippen LogP contribution < -0.4 is 11.1 Å². The van der Waals surface area contributed by atoms with E-state index in [4.69, 9.17) is 17.3 Å². The molecule has 0 saturated heterocycles. The molecule has 0 heterocycles. The molecule has 0 spiro atoms. The van der Waals surface area contributed by atoms with E-state index in [0.717, 1.165) is 10.2 Å². The third-order valence-electron chi connectivity index (χ3n) is 2.42. The second-order valence-corrected chi connectivity index (χ2v) is 4.95. The molecule has 2 aromatic carbocycles. The lowest BCUT2D eigenvalue weighted by atomic mass is 10.2. The first kappa shape index (κ1) is 12.3. The first-order valence-electron chi connectivity index (χ1n) is 5.19. The van der Waals surface area contributed by atoms with Gasteiger partial charge in [0.1, 0.15) is 0 Å². The minimum absolute atomic E-state index is 0.636. The SMILES string of the molecule is Nc1ccc(NCc2ccccc2Br)c(Cl)c1. The molecule has 0 aliphatic rings. The highest BCUT2D eigenvalue weighted by molar-refractivity contribution is 9.10. The van der Waals surface area contributed by atoms with Gasteiger partial charge in [-0.15, -0.1) is 0 Å². The Hall–Kier alpha value is -1.19. The van der Waals surface area contributed by atoms with Crippen molar-refractivity contribution < 1.29 is 0 Å². The molecule has 2 rings (SSSR count). The zero-order chi connectivity index (χ0) is 12.3. The molecular formula is C13H12BrClN2. The van der Waals surface area contributed by atoms with Gasteiger partial charge >= 0.3 is 0 Å². The zero-order valence-corrected chi connectivity index (χ0v) is 11.4. The van der Waals surface area contributed by atoms with Crippen molar-refractivity contribution in [1.82, 2.24) is 0 Å². The Labute approximate surface area is 114 Å². The van der Waals surface area contributed by atoms with Crippen molar-refractivity contribution >= 4 is 38.9 Å². The Kier molecular flexibility index (Phi) is 3.92. The number of nitrogens with two attached hydrogens (primary N) is 1. The van der Waals surface area contributed by atoms with Gasteiger partial charge < -0.3 is 11.1 Å². The van der Waals surface area contributed by atoms with Crippen LogP contribution in [0.5, 0.6) is 0 Å². The summed E-state index contributed by atoms with van der Waals surface area (Å²) in [6, 6.07) is 13.5. The van der Waals surface area contributed by atoms with E-state index in [1.165, 1.54) is 5.56 Å². The van der Waals surface area contributed by atoms with Gasteiger partial charge in [-0.1, -0.05) is 45.7 Å². The fourth-order valence-electron chi connectivity index (χ4n) is 1.51. The van der Waals surface area contributed by atoms with Gasteiger partial charge in [0.05, 0.1) is 10.7 Å². The van der Waals surface area contributed by atoms with Crippen LogP contribution in [0.25, 0.3) is 0 Å². The summed E-state index contributed by atoms with van der Waals surface area (Å²) in [6.07, 6.45) is 0. The maximum absolute atomic E-state index is 6.08. The number of rotatable bonds is 3. The summed E-state index contributed by atoms with van der Waals surface area (Å²) in [5.74, 6) is 0. The van der Waals surface area contributed by atoms with Crippen molar-refractivity contribution in [1.29, 1.82) is 0 Å². The molecule has 2 nitrogen and oxygen atoms in total. The van der Waals surface area contributed by atoms with Gasteiger partial charge in [0, 0.05) is 16.7 Å². The van der Waals surface area contributed by atoms with Gasteiger partial charge in [-0.2, -0.15) is 0 Å². The normalized spacial score (nSPS) is 10.2. The summed E-state index contributed by atoms with van der Waals surface area (Å²) < 4.78 is 1.08. The highest BCUT2D eigenvalue weighted by atomic mass is 79.9. The summed E-state index contributed by atoms with van der Waals surface area (Å²) >= 11 is 9.59. The van der Waals surface area contributed by atoms with E-state index in [9.17, 15) is 0 Å². The largest absolute Gasteiger partial charge is 0.399 e. The van der Waals surface area contributed by atoms with Crippen LogP contribution >= 0.6 is 27.5 Å². The lowest BCUT2D eigenvalue weighted by Crippen LogP contribution is -2.01. The van der Waals surface area contributed by atoms with Gasteiger partial charge in [0.15, 0.2) is 0 Å². The Morgan fingerprint density at radius 3 is 2.65 bits per heavy atom. The van der Waals surface area contributed by atoms with Crippen molar-refractivity contribution in [3.8, 4) is 0 Å². The summed E-state index contributed by atoms with van der Waals surface area (Å²) in [5.41, 5.74) is 8.37. The topological polar surface area (TPSA) is 38.0 Å². The van der Waals surface area contributed by atoms with E-state index in [1.54, 1.807) is 6.07 Å². The smallest absolute Gasteiger partial charge is 0.0658 e. The lowest BCUT2D eigenvalue weighted by Gasteiger charge is -2.10. The van der Waals surface area contributed by atoms with Crippen LogP contribution in [0.4, 0.5) is 11.4 Å². The Morgan fingerprint density at radius 2 is 1.94 bits per heavy atom. The molecule has 88 valence electrons. The summed E-state index contributed by atoms with van der Waals surface area (Å²) in [4.78, 5) is 0. The first-order valence-corrected chi connectivity index (χ1v) is 6.36. The van der Waals surface area contributed by atoms with E-state index in [1.807, 2.05) is 30.3 Å². The van der Waals surface area contributed by atoms with E-state index in [-0.39, 0.29) is 0 Å². The van der Waals surface area contributed by atoms with Crippen LogP contribution in [0.15, 0.2) is 46.9 Å². The molecule has 0 bridgehead atoms. The van der Waals surface area contributed by atoms with E-state index in [0.29, 0.717) is 17.3 Å². The monoisotopic (exact) mass is 310 g/mol. The second kappa shape index (κ2) is 5.43. The Morgan fingerprint density at radius 1 is 1.18 bits per heavy atom. The predicted octanol–water partition coefficient (Wildman–Crippen LogP) is 4.30. The molecule has 0 saturated carbocycles. The van der Waals surface area contributed by atoms with E-state index < -0.39 is 0 Å².